The SMILES string of the molecule is CC(=O)Nc1ccc(CCNCc2cccc(F)c2)cc1. The lowest BCUT2D eigenvalue weighted by atomic mass is 10.1. The smallest absolute Gasteiger partial charge is 0.221 e. The molecule has 2 N–H and O–H groups in total. The first-order chi connectivity index (χ1) is 10.1. The van der Waals surface area contributed by atoms with Crippen LogP contribution in [0.2, 0.25) is 0 Å². The Morgan fingerprint density at radius 1 is 1.10 bits per heavy atom. The van der Waals surface area contributed by atoms with Crippen LogP contribution < -0.4 is 10.6 Å². The van der Waals surface area contributed by atoms with Crippen LogP contribution in [0, 0.1) is 5.82 Å². The maximum atomic E-state index is 13.0. The lowest BCUT2D eigenvalue weighted by Gasteiger charge is -2.07. The van der Waals surface area contributed by atoms with Gasteiger partial charge in [-0.2, -0.15) is 0 Å². The fourth-order valence-electron chi connectivity index (χ4n) is 2.07. The number of nitrogens with one attached hydrogen (secondary N) is 2. The molecule has 0 bridgehead atoms. The maximum Gasteiger partial charge on any atom is 0.221 e. The van der Waals surface area contributed by atoms with Crippen molar-refractivity contribution in [1.82, 2.24) is 5.32 Å². The fourth-order valence-corrected chi connectivity index (χ4v) is 2.07. The lowest BCUT2D eigenvalue weighted by molar-refractivity contribution is -0.114. The van der Waals surface area contributed by atoms with Crippen LogP contribution in [0.15, 0.2) is 48.5 Å². The Kier molecular flexibility index (Phi) is 5.46. The number of rotatable bonds is 6. The molecule has 0 fully saturated rings. The summed E-state index contributed by atoms with van der Waals surface area (Å²) in [6.45, 7) is 2.96. The van der Waals surface area contributed by atoms with Crippen LogP contribution in [-0.4, -0.2) is 12.5 Å². The number of carbonyl (C=O) groups is 1. The molecular weight excluding hydrogens is 267 g/mol. The highest BCUT2D eigenvalue weighted by atomic mass is 19.1. The van der Waals surface area contributed by atoms with E-state index < -0.39 is 0 Å². The van der Waals surface area contributed by atoms with Gasteiger partial charge in [-0.3, -0.25) is 4.79 Å². The number of anilines is 1. The van der Waals surface area contributed by atoms with Gasteiger partial charge in [0.1, 0.15) is 5.82 Å². The second kappa shape index (κ2) is 7.55. The topological polar surface area (TPSA) is 41.1 Å². The van der Waals surface area contributed by atoms with Gasteiger partial charge >= 0.3 is 0 Å². The van der Waals surface area contributed by atoms with Crippen molar-refractivity contribution >= 4 is 11.6 Å². The van der Waals surface area contributed by atoms with E-state index in [9.17, 15) is 9.18 Å². The summed E-state index contributed by atoms with van der Waals surface area (Å²) in [4.78, 5) is 10.9. The zero-order valence-corrected chi connectivity index (χ0v) is 12.0. The average Bonchev–Trinajstić information content (AvgIpc) is 2.45. The van der Waals surface area contributed by atoms with E-state index in [1.807, 2.05) is 30.3 Å². The highest BCUT2D eigenvalue weighted by Crippen LogP contribution is 2.10. The third-order valence-corrected chi connectivity index (χ3v) is 3.08. The molecule has 3 nitrogen and oxygen atoms in total. The van der Waals surface area contributed by atoms with Gasteiger partial charge in [-0.05, 0) is 48.4 Å². The molecule has 0 atom stereocenters. The molecule has 0 saturated heterocycles. The normalized spacial score (nSPS) is 10.4. The summed E-state index contributed by atoms with van der Waals surface area (Å²) >= 11 is 0. The minimum atomic E-state index is -0.206. The number of halogens is 1. The summed E-state index contributed by atoms with van der Waals surface area (Å²) in [6, 6.07) is 14.4. The van der Waals surface area contributed by atoms with E-state index >= 15 is 0 Å². The molecule has 0 spiro atoms. The number of hydrogen-bond donors (Lipinski definition) is 2. The lowest BCUT2D eigenvalue weighted by Crippen LogP contribution is -2.16. The van der Waals surface area contributed by atoms with Crippen LogP contribution in [-0.2, 0) is 17.8 Å². The molecule has 4 heteroatoms. The molecule has 110 valence electrons. The summed E-state index contributed by atoms with van der Waals surface area (Å²) in [7, 11) is 0. The molecule has 21 heavy (non-hydrogen) atoms. The molecule has 0 aromatic heterocycles. The zero-order valence-electron chi connectivity index (χ0n) is 12.0. The second-order valence-corrected chi connectivity index (χ2v) is 4.93. The van der Waals surface area contributed by atoms with Crippen molar-refractivity contribution in [3.63, 3.8) is 0 Å². The Labute approximate surface area is 124 Å². The van der Waals surface area contributed by atoms with Crippen LogP contribution in [0.4, 0.5) is 10.1 Å². The van der Waals surface area contributed by atoms with E-state index in [-0.39, 0.29) is 11.7 Å². The van der Waals surface area contributed by atoms with Gasteiger partial charge in [-0.15, -0.1) is 0 Å². The van der Waals surface area contributed by atoms with E-state index in [1.54, 1.807) is 6.07 Å². The second-order valence-electron chi connectivity index (χ2n) is 4.93. The molecule has 2 aromatic rings. The molecule has 0 radical (unpaired) electrons. The summed E-state index contributed by atoms with van der Waals surface area (Å²) < 4.78 is 13.0. The van der Waals surface area contributed by atoms with Crippen molar-refractivity contribution in [2.24, 2.45) is 0 Å². The van der Waals surface area contributed by atoms with Crippen molar-refractivity contribution in [1.29, 1.82) is 0 Å². The number of benzene rings is 2. The molecular formula is C17H19FN2O. The summed E-state index contributed by atoms with van der Waals surface area (Å²) in [5.41, 5.74) is 2.94. The molecule has 0 aliphatic heterocycles. The molecule has 2 aromatic carbocycles. The van der Waals surface area contributed by atoms with E-state index in [0.29, 0.717) is 6.54 Å². The van der Waals surface area contributed by atoms with Crippen molar-refractivity contribution in [3.05, 3.63) is 65.5 Å². The Bertz CT molecular complexity index is 596. The van der Waals surface area contributed by atoms with E-state index in [4.69, 9.17) is 0 Å². The van der Waals surface area contributed by atoms with Gasteiger partial charge in [0.05, 0.1) is 0 Å². The largest absolute Gasteiger partial charge is 0.326 e. The van der Waals surface area contributed by atoms with Gasteiger partial charge in [-0.1, -0.05) is 24.3 Å². The van der Waals surface area contributed by atoms with Crippen molar-refractivity contribution < 1.29 is 9.18 Å². The van der Waals surface area contributed by atoms with E-state index in [0.717, 1.165) is 24.2 Å². The highest BCUT2D eigenvalue weighted by molar-refractivity contribution is 5.88. The Morgan fingerprint density at radius 3 is 2.52 bits per heavy atom. The van der Waals surface area contributed by atoms with Gasteiger partial charge in [0.25, 0.3) is 0 Å². The third-order valence-electron chi connectivity index (χ3n) is 3.08. The Morgan fingerprint density at radius 2 is 1.86 bits per heavy atom. The molecule has 0 heterocycles. The molecule has 2 rings (SSSR count). The molecule has 0 aliphatic rings. The van der Waals surface area contributed by atoms with Crippen LogP contribution in [0.5, 0.6) is 0 Å². The predicted molar refractivity (Wildman–Crippen MR) is 82.6 cm³/mol. The van der Waals surface area contributed by atoms with Gasteiger partial charge < -0.3 is 10.6 Å². The zero-order chi connectivity index (χ0) is 15.1. The standard InChI is InChI=1S/C17H19FN2O/c1-13(21)20-17-7-5-14(6-8-17)9-10-19-12-15-3-2-4-16(18)11-15/h2-8,11,19H,9-10,12H2,1H3,(H,20,21). The van der Waals surface area contributed by atoms with Gasteiger partial charge in [-0.25, -0.2) is 4.39 Å². The van der Waals surface area contributed by atoms with E-state index in [1.165, 1.54) is 24.6 Å². The van der Waals surface area contributed by atoms with Gasteiger partial charge in [0.15, 0.2) is 0 Å². The third kappa shape index (κ3) is 5.36. The van der Waals surface area contributed by atoms with Crippen LogP contribution in [0.1, 0.15) is 18.1 Å². The Hall–Kier alpha value is -2.20. The minimum Gasteiger partial charge on any atom is -0.326 e. The van der Waals surface area contributed by atoms with Gasteiger partial charge in [0, 0.05) is 19.2 Å². The number of hydrogen-bond acceptors (Lipinski definition) is 2. The summed E-state index contributed by atoms with van der Waals surface area (Å²) in [6.07, 6.45) is 0.885. The van der Waals surface area contributed by atoms with Crippen molar-refractivity contribution in [2.45, 2.75) is 19.9 Å². The fraction of sp³-hybridized carbons (Fsp3) is 0.235. The van der Waals surface area contributed by atoms with Crippen LogP contribution in [0.3, 0.4) is 0 Å². The monoisotopic (exact) mass is 286 g/mol. The van der Waals surface area contributed by atoms with Gasteiger partial charge in [0.2, 0.25) is 5.91 Å². The first-order valence-corrected chi connectivity index (χ1v) is 6.95. The summed E-state index contributed by atoms with van der Waals surface area (Å²) in [5.74, 6) is -0.276. The number of carbonyl (C=O) groups excluding carboxylic acids is 1. The first-order valence-electron chi connectivity index (χ1n) is 6.95. The molecule has 0 saturated carbocycles. The minimum absolute atomic E-state index is 0.0699. The molecule has 1 amide bonds. The van der Waals surface area contributed by atoms with Crippen LogP contribution >= 0.6 is 0 Å². The maximum absolute atomic E-state index is 13.0. The number of amides is 1. The molecule has 0 aliphatic carbocycles. The quantitative estimate of drug-likeness (QED) is 0.801. The Balaban J connectivity index is 1.74. The molecule has 0 unspecified atom stereocenters. The van der Waals surface area contributed by atoms with Crippen molar-refractivity contribution in [2.75, 3.05) is 11.9 Å². The van der Waals surface area contributed by atoms with Crippen LogP contribution in [0.25, 0.3) is 0 Å². The highest BCUT2D eigenvalue weighted by Gasteiger charge is 1.98. The average molecular weight is 286 g/mol. The van der Waals surface area contributed by atoms with E-state index in [2.05, 4.69) is 10.6 Å². The first kappa shape index (κ1) is 15.2. The van der Waals surface area contributed by atoms with Crippen molar-refractivity contribution in [3.8, 4) is 0 Å². The predicted octanol–water partition coefficient (Wildman–Crippen LogP) is 3.12. The summed E-state index contributed by atoms with van der Waals surface area (Å²) in [5, 5.41) is 6.02.